The van der Waals surface area contributed by atoms with Crippen molar-refractivity contribution in [2.75, 3.05) is 5.73 Å². The third-order valence-electron chi connectivity index (χ3n) is 6.29. The number of nitrogens with zero attached hydrogens (tertiary/aromatic N) is 6. The Bertz CT molecular complexity index is 2000. The van der Waals surface area contributed by atoms with Gasteiger partial charge in [0.05, 0.1) is 51.7 Å². The van der Waals surface area contributed by atoms with Gasteiger partial charge in [0.2, 0.25) is 0 Å². The van der Waals surface area contributed by atoms with Crippen molar-refractivity contribution >= 4 is 74.7 Å². The number of hydrogen-bond donors (Lipinski definition) is 6. The smallest absolute Gasteiger partial charge is 0.152 e. The van der Waals surface area contributed by atoms with Crippen LogP contribution in [0.15, 0.2) is 119 Å². The van der Waals surface area contributed by atoms with Crippen LogP contribution in [0, 0.1) is 6.92 Å². The fourth-order valence-corrected chi connectivity index (χ4v) is 4.91. The van der Waals surface area contributed by atoms with Crippen LogP contribution in [0.5, 0.6) is 17.2 Å². The number of nitrogens with two attached hydrogens (primary N) is 1. The van der Waals surface area contributed by atoms with Crippen molar-refractivity contribution < 1.29 is 61.6 Å². The molecule has 0 saturated heterocycles. The summed E-state index contributed by atoms with van der Waals surface area (Å²) in [7, 11) is 0. The standard InChI is InChI=1S/C29H23N7O9S2.Cu/c1-15-10-25(26(38)14-24(15)34-31-17-2-6-20(7-3-17)46-44-42-40)35-36-28-27(47-45-43-41)12-16-11-18(4-8-21(16)29(28)39)32-33-23-9-5-19(37)13-22(23)30;/h2-14,37-41H,30H2,1H3;. The van der Waals surface area contributed by atoms with E-state index in [-0.39, 0.29) is 56.3 Å². The van der Waals surface area contributed by atoms with Crippen LogP contribution >= 0.6 is 24.1 Å². The first-order valence-electron chi connectivity index (χ1n) is 13.1. The zero-order valence-corrected chi connectivity index (χ0v) is 26.8. The Morgan fingerprint density at radius 2 is 1.31 bits per heavy atom. The molecule has 0 heterocycles. The van der Waals surface area contributed by atoms with Crippen LogP contribution in [-0.2, 0) is 35.8 Å². The Balaban J connectivity index is 0.00000520. The summed E-state index contributed by atoms with van der Waals surface area (Å²) in [5.74, 6) is -0.529. The molecule has 251 valence electrons. The number of fused-ring (bicyclic) bond motifs is 1. The number of aromatic hydroxyl groups is 3. The van der Waals surface area contributed by atoms with Crippen molar-refractivity contribution in [2.24, 2.45) is 30.7 Å². The molecule has 0 saturated carbocycles. The Labute approximate surface area is 290 Å². The summed E-state index contributed by atoms with van der Waals surface area (Å²) in [6.45, 7) is 1.74. The van der Waals surface area contributed by atoms with Gasteiger partial charge in [0.15, 0.2) is 5.75 Å². The van der Waals surface area contributed by atoms with Gasteiger partial charge in [-0.05, 0) is 84.6 Å². The molecular weight excluding hydrogens is 718 g/mol. The fraction of sp³-hybridized carbons (Fsp3) is 0.0345. The minimum atomic E-state index is -0.275. The minimum absolute atomic E-state index is 0. The van der Waals surface area contributed by atoms with Gasteiger partial charge in [0.25, 0.3) is 0 Å². The van der Waals surface area contributed by atoms with Crippen LogP contribution in [0.2, 0.25) is 0 Å². The Kier molecular flexibility index (Phi) is 12.8. The Hall–Kier alpha value is -4.66. The molecule has 0 amide bonds. The van der Waals surface area contributed by atoms with Gasteiger partial charge in [-0.25, -0.2) is 10.5 Å². The van der Waals surface area contributed by atoms with Gasteiger partial charge in [-0.3, -0.25) is 0 Å². The van der Waals surface area contributed by atoms with Crippen LogP contribution in [0.25, 0.3) is 10.8 Å². The average Bonchev–Trinajstić information content (AvgIpc) is 3.06. The number of benzene rings is 5. The normalized spacial score (nSPS) is 11.6. The average molecular weight is 741 g/mol. The monoisotopic (exact) mass is 740 g/mol. The molecule has 5 rings (SSSR count). The zero-order valence-electron chi connectivity index (χ0n) is 24.3. The summed E-state index contributed by atoms with van der Waals surface area (Å²) in [5, 5.41) is 81.5. The molecule has 0 atom stereocenters. The van der Waals surface area contributed by atoms with Crippen molar-refractivity contribution in [3.8, 4) is 17.2 Å². The molecule has 0 spiro atoms. The van der Waals surface area contributed by atoms with Crippen LogP contribution in [0.1, 0.15) is 5.56 Å². The Morgan fingerprint density at radius 1 is 0.646 bits per heavy atom. The zero-order chi connectivity index (χ0) is 33.3. The minimum Gasteiger partial charge on any atom is -0.508 e. The second kappa shape index (κ2) is 16.9. The fourth-order valence-electron chi connectivity index (χ4n) is 4.05. The summed E-state index contributed by atoms with van der Waals surface area (Å²) in [6.07, 6.45) is 0. The molecule has 0 unspecified atom stereocenters. The molecule has 48 heavy (non-hydrogen) atoms. The number of aryl methyl sites for hydroxylation is 1. The van der Waals surface area contributed by atoms with Gasteiger partial charge in [0, 0.05) is 39.5 Å². The van der Waals surface area contributed by atoms with Crippen molar-refractivity contribution in [3.05, 3.63) is 84.4 Å². The van der Waals surface area contributed by atoms with E-state index in [2.05, 4.69) is 49.4 Å². The maximum Gasteiger partial charge on any atom is 0.152 e. The quantitative estimate of drug-likeness (QED) is 0.0175. The second-order valence-corrected chi connectivity index (χ2v) is 10.9. The van der Waals surface area contributed by atoms with Crippen LogP contribution < -0.4 is 5.73 Å². The second-order valence-electron chi connectivity index (χ2n) is 9.39. The molecule has 5 aromatic carbocycles. The summed E-state index contributed by atoms with van der Waals surface area (Å²) >= 11 is 1.36. The van der Waals surface area contributed by atoms with Crippen molar-refractivity contribution in [2.45, 2.75) is 16.7 Å². The summed E-state index contributed by atoms with van der Waals surface area (Å²) in [5.41, 5.74) is 8.44. The van der Waals surface area contributed by atoms with Crippen LogP contribution in [-0.4, -0.2) is 25.8 Å². The van der Waals surface area contributed by atoms with E-state index in [0.29, 0.717) is 56.0 Å². The molecule has 0 bridgehead atoms. The third-order valence-corrected chi connectivity index (χ3v) is 7.51. The molecule has 1 radical (unpaired) electrons. The van der Waals surface area contributed by atoms with Crippen molar-refractivity contribution in [3.63, 3.8) is 0 Å². The topological polar surface area (TPSA) is 238 Å². The van der Waals surface area contributed by atoms with Crippen molar-refractivity contribution in [1.29, 1.82) is 0 Å². The first kappa shape index (κ1) is 36.2. The number of nitrogen functional groups attached to an aromatic ring is 1. The molecule has 19 heteroatoms. The molecule has 0 aliphatic carbocycles. The van der Waals surface area contributed by atoms with E-state index in [1.54, 1.807) is 55.5 Å². The van der Waals surface area contributed by atoms with Gasteiger partial charge >= 0.3 is 0 Å². The molecule has 0 aliphatic rings. The molecule has 16 nitrogen and oxygen atoms in total. The predicted octanol–water partition coefficient (Wildman–Crippen LogP) is 9.95. The maximum atomic E-state index is 11.1. The van der Waals surface area contributed by atoms with Gasteiger partial charge in [0.1, 0.15) is 28.6 Å². The number of phenols is 3. The predicted molar refractivity (Wildman–Crippen MR) is 171 cm³/mol. The number of rotatable bonds is 12. The van der Waals surface area contributed by atoms with E-state index in [0.717, 1.165) is 12.0 Å². The van der Waals surface area contributed by atoms with Crippen LogP contribution in [0.4, 0.5) is 39.8 Å². The summed E-state index contributed by atoms with van der Waals surface area (Å²) < 4.78 is 8.99. The molecule has 5 aromatic rings. The van der Waals surface area contributed by atoms with Crippen molar-refractivity contribution in [1.82, 2.24) is 0 Å². The van der Waals surface area contributed by atoms with E-state index in [9.17, 15) is 15.3 Å². The van der Waals surface area contributed by atoms with E-state index < -0.39 is 0 Å². The Morgan fingerprint density at radius 3 is 2.04 bits per heavy atom. The van der Waals surface area contributed by atoms with E-state index in [4.69, 9.17) is 16.2 Å². The number of azo groups is 3. The number of hydrogen-bond acceptors (Lipinski definition) is 18. The number of phenolic OH excluding ortho intramolecular Hbond substituents is 3. The van der Waals surface area contributed by atoms with Gasteiger partial charge in [-0.2, -0.15) is 15.3 Å². The first-order chi connectivity index (χ1) is 22.7. The van der Waals surface area contributed by atoms with E-state index in [1.807, 2.05) is 0 Å². The summed E-state index contributed by atoms with van der Waals surface area (Å²) in [6, 6.07) is 20.3. The SMILES string of the molecule is Cc1cc(N=Nc2c(SOOO)cc3cc(N=Nc4ccc(O)cc4N)ccc3c2O)c(O)cc1N=Nc1ccc(SOOO)cc1.[Cu]. The largest absolute Gasteiger partial charge is 0.508 e. The van der Waals surface area contributed by atoms with Gasteiger partial charge in [-0.15, -0.1) is 24.0 Å². The molecule has 7 N–H and O–H groups in total. The van der Waals surface area contributed by atoms with Gasteiger partial charge < -0.3 is 21.1 Å². The van der Waals surface area contributed by atoms with Gasteiger partial charge in [-0.1, -0.05) is 10.1 Å². The maximum absolute atomic E-state index is 11.1. The molecule has 0 aliphatic heterocycles. The summed E-state index contributed by atoms with van der Waals surface area (Å²) in [4.78, 5) is 0.853. The van der Waals surface area contributed by atoms with Crippen LogP contribution in [0.3, 0.4) is 0 Å². The number of anilines is 1. The molecule has 0 aromatic heterocycles. The molecular formula is C29H23CuN7O9S2. The molecule has 0 fully saturated rings. The van der Waals surface area contributed by atoms with E-state index in [1.165, 1.54) is 30.3 Å². The first-order valence-corrected chi connectivity index (χ1v) is 14.6. The third kappa shape index (κ3) is 9.02. The van der Waals surface area contributed by atoms with E-state index >= 15 is 0 Å².